The molecule has 0 aliphatic rings. The number of aryl methyl sites for hydroxylation is 1. The van der Waals surface area contributed by atoms with E-state index in [2.05, 4.69) is 15.2 Å². The van der Waals surface area contributed by atoms with Crippen molar-refractivity contribution in [2.75, 3.05) is 5.75 Å². The quantitative estimate of drug-likeness (QED) is 0.874. The molecule has 6 nitrogen and oxygen atoms in total. The van der Waals surface area contributed by atoms with Crippen molar-refractivity contribution in [3.05, 3.63) is 24.0 Å². The van der Waals surface area contributed by atoms with Crippen LogP contribution in [0.1, 0.15) is 26.5 Å². The molecule has 0 saturated heterocycles. The zero-order valence-electron chi connectivity index (χ0n) is 12.5. The van der Waals surface area contributed by atoms with E-state index < -0.39 is 5.97 Å². The summed E-state index contributed by atoms with van der Waals surface area (Å²) in [6.45, 7) is 8.03. The number of aromatic nitrogens is 4. The van der Waals surface area contributed by atoms with E-state index in [9.17, 15) is 4.79 Å². The van der Waals surface area contributed by atoms with Gasteiger partial charge in [-0.15, -0.1) is 10.2 Å². The molecule has 21 heavy (non-hydrogen) atoms. The first kappa shape index (κ1) is 15.5. The molecule has 2 heterocycles. The van der Waals surface area contributed by atoms with Gasteiger partial charge in [0.1, 0.15) is 0 Å². The SMILES string of the molecule is Cc1ccc(-c2nnc(SCC(=O)O)n2C(C)(C)C)cn1. The van der Waals surface area contributed by atoms with Gasteiger partial charge in [-0.2, -0.15) is 0 Å². The Labute approximate surface area is 127 Å². The predicted molar refractivity (Wildman–Crippen MR) is 81.3 cm³/mol. The maximum Gasteiger partial charge on any atom is 0.313 e. The summed E-state index contributed by atoms with van der Waals surface area (Å²) in [5.41, 5.74) is 1.54. The van der Waals surface area contributed by atoms with E-state index in [4.69, 9.17) is 5.11 Å². The third-order valence-corrected chi connectivity index (χ3v) is 3.71. The van der Waals surface area contributed by atoms with Crippen LogP contribution in [-0.4, -0.2) is 36.6 Å². The van der Waals surface area contributed by atoms with Crippen LogP contribution in [0.3, 0.4) is 0 Å². The minimum absolute atomic E-state index is 0.0413. The number of carboxylic acids is 1. The molecule has 2 rings (SSSR count). The fraction of sp³-hybridized carbons (Fsp3) is 0.429. The molecule has 112 valence electrons. The Hall–Kier alpha value is -1.89. The molecule has 7 heteroatoms. The number of aliphatic carboxylic acids is 1. The molecule has 1 N–H and O–H groups in total. The lowest BCUT2D eigenvalue weighted by Crippen LogP contribution is -2.24. The van der Waals surface area contributed by atoms with E-state index in [-0.39, 0.29) is 11.3 Å². The molecule has 0 unspecified atom stereocenters. The van der Waals surface area contributed by atoms with Gasteiger partial charge >= 0.3 is 5.97 Å². The van der Waals surface area contributed by atoms with Crippen molar-refractivity contribution in [1.82, 2.24) is 19.7 Å². The molecule has 0 aliphatic heterocycles. The van der Waals surface area contributed by atoms with Gasteiger partial charge in [0, 0.05) is 23.0 Å². The zero-order chi connectivity index (χ0) is 15.6. The van der Waals surface area contributed by atoms with Crippen molar-refractivity contribution < 1.29 is 9.90 Å². The van der Waals surface area contributed by atoms with Crippen LogP contribution < -0.4 is 0 Å². The molecular weight excluding hydrogens is 288 g/mol. The molecule has 0 saturated carbocycles. The molecule has 0 aromatic carbocycles. The highest BCUT2D eigenvalue weighted by Crippen LogP contribution is 2.30. The van der Waals surface area contributed by atoms with Crippen molar-refractivity contribution in [3.63, 3.8) is 0 Å². The summed E-state index contributed by atoms with van der Waals surface area (Å²) in [5.74, 6) is -0.217. The monoisotopic (exact) mass is 306 g/mol. The minimum atomic E-state index is -0.873. The lowest BCUT2D eigenvalue weighted by atomic mass is 10.1. The second-order valence-corrected chi connectivity index (χ2v) is 6.63. The highest BCUT2D eigenvalue weighted by Gasteiger charge is 2.24. The first-order valence-corrected chi connectivity index (χ1v) is 7.51. The van der Waals surface area contributed by atoms with Gasteiger partial charge in [0.25, 0.3) is 0 Å². The second-order valence-electron chi connectivity index (χ2n) is 5.68. The maximum atomic E-state index is 10.8. The summed E-state index contributed by atoms with van der Waals surface area (Å²) >= 11 is 1.17. The van der Waals surface area contributed by atoms with Crippen LogP contribution in [0.15, 0.2) is 23.5 Å². The van der Waals surface area contributed by atoms with Crippen molar-refractivity contribution in [2.45, 2.75) is 38.4 Å². The number of carboxylic acid groups (broad SMARTS) is 1. The Kier molecular flexibility index (Phi) is 4.32. The molecule has 2 aromatic rings. The maximum absolute atomic E-state index is 10.8. The van der Waals surface area contributed by atoms with E-state index in [0.29, 0.717) is 11.0 Å². The van der Waals surface area contributed by atoms with Crippen LogP contribution in [0.5, 0.6) is 0 Å². The number of hydrogen-bond acceptors (Lipinski definition) is 5. The summed E-state index contributed by atoms with van der Waals surface area (Å²) in [4.78, 5) is 15.0. The van der Waals surface area contributed by atoms with Crippen molar-refractivity contribution in [1.29, 1.82) is 0 Å². The Bertz CT molecular complexity index is 644. The molecule has 2 aromatic heterocycles. The fourth-order valence-electron chi connectivity index (χ4n) is 1.88. The molecular formula is C14H18N4O2S. The molecule has 0 spiro atoms. The first-order valence-electron chi connectivity index (χ1n) is 6.52. The molecule has 0 bridgehead atoms. The van der Waals surface area contributed by atoms with Crippen molar-refractivity contribution in [3.8, 4) is 11.4 Å². The van der Waals surface area contributed by atoms with Gasteiger partial charge < -0.3 is 5.11 Å². The van der Waals surface area contributed by atoms with Crippen LogP contribution >= 0.6 is 11.8 Å². The highest BCUT2D eigenvalue weighted by atomic mass is 32.2. The van der Waals surface area contributed by atoms with Gasteiger partial charge in [-0.05, 0) is 39.8 Å². The van der Waals surface area contributed by atoms with E-state index in [0.717, 1.165) is 11.3 Å². The Balaban J connectivity index is 2.46. The summed E-state index contributed by atoms with van der Waals surface area (Å²) in [7, 11) is 0. The summed E-state index contributed by atoms with van der Waals surface area (Å²) in [6.07, 6.45) is 1.76. The predicted octanol–water partition coefficient (Wildman–Crippen LogP) is 2.58. The molecule has 0 amide bonds. The number of rotatable bonds is 4. The van der Waals surface area contributed by atoms with E-state index in [1.807, 2.05) is 44.4 Å². The van der Waals surface area contributed by atoms with Gasteiger partial charge in [-0.1, -0.05) is 11.8 Å². The van der Waals surface area contributed by atoms with E-state index in [1.165, 1.54) is 11.8 Å². The van der Waals surface area contributed by atoms with Gasteiger partial charge in [-0.25, -0.2) is 0 Å². The third kappa shape index (κ3) is 3.60. The number of hydrogen-bond donors (Lipinski definition) is 1. The van der Waals surface area contributed by atoms with E-state index >= 15 is 0 Å². The van der Waals surface area contributed by atoms with Crippen LogP contribution in [0.2, 0.25) is 0 Å². The van der Waals surface area contributed by atoms with Crippen LogP contribution in [0.25, 0.3) is 11.4 Å². The number of pyridine rings is 1. The standard InChI is InChI=1S/C14H18N4O2S/c1-9-5-6-10(7-15-9)12-16-17-13(21-8-11(19)20)18(12)14(2,3)4/h5-7H,8H2,1-4H3,(H,19,20). The van der Waals surface area contributed by atoms with Gasteiger partial charge in [0.15, 0.2) is 11.0 Å². The average Bonchev–Trinajstić information content (AvgIpc) is 2.81. The smallest absolute Gasteiger partial charge is 0.313 e. The Morgan fingerprint density at radius 1 is 1.33 bits per heavy atom. The van der Waals surface area contributed by atoms with E-state index in [1.54, 1.807) is 6.20 Å². The van der Waals surface area contributed by atoms with Gasteiger partial charge in [-0.3, -0.25) is 14.3 Å². The second kappa shape index (κ2) is 5.85. The topological polar surface area (TPSA) is 80.9 Å². The molecule has 0 aliphatic carbocycles. The van der Waals surface area contributed by atoms with Gasteiger partial charge in [0.05, 0.1) is 5.75 Å². The Morgan fingerprint density at radius 3 is 2.57 bits per heavy atom. The first-order chi connectivity index (χ1) is 9.79. The van der Waals surface area contributed by atoms with Crippen molar-refractivity contribution in [2.24, 2.45) is 0 Å². The lowest BCUT2D eigenvalue weighted by Gasteiger charge is -2.24. The summed E-state index contributed by atoms with van der Waals surface area (Å²) in [5, 5.41) is 17.8. The number of thioether (sulfide) groups is 1. The normalized spacial score (nSPS) is 11.6. The molecule has 0 atom stereocenters. The average molecular weight is 306 g/mol. The van der Waals surface area contributed by atoms with Crippen molar-refractivity contribution >= 4 is 17.7 Å². The van der Waals surface area contributed by atoms with Crippen LogP contribution in [0, 0.1) is 6.92 Å². The third-order valence-electron chi connectivity index (χ3n) is 2.80. The number of nitrogens with zero attached hydrogens (tertiary/aromatic N) is 4. The lowest BCUT2D eigenvalue weighted by molar-refractivity contribution is -0.133. The number of carbonyl (C=O) groups is 1. The fourth-order valence-corrected chi connectivity index (χ4v) is 2.72. The molecule has 0 fully saturated rings. The highest BCUT2D eigenvalue weighted by molar-refractivity contribution is 7.99. The van der Waals surface area contributed by atoms with Gasteiger partial charge in [0.2, 0.25) is 0 Å². The van der Waals surface area contributed by atoms with Crippen LogP contribution in [-0.2, 0) is 10.3 Å². The summed E-state index contributed by atoms with van der Waals surface area (Å²) in [6, 6.07) is 3.86. The minimum Gasteiger partial charge on any atom is -0.481 e. The summed E-state index contributed by atoms with van der Waals surface area (Å²) < 4.78 is 1.95. The Morgan fingerprint density at radius 2 is 2.05 bits per heavy atom. The largest absolute Gasteiger partial charge is 0.481 e. The zero-order valence-corrected chi connectivity index (χ0v) is 13.3. The molecule has 0 radical (unpaired) electrons. The van der Waals surface area contributed by atoms with Crippen LogP contribution in [0.4, 0.5) is 0 Å².